The third kappa shape index (κ3) is 5.55. The van der Waals surface area contributed by atoms with Gasteiger partial charge in [0.05, 0.1) is 15.7 Å². The molecule has 6 heteroatoms. The SMILES string of the molecule is Cc1ccc(C)c(N=Cc2cc(Br)cc(Br)c2OCc2ccc(C(=O)O)cc2)c1. The van der Waals surface area contributed by atoms with Crippen LogP contribution in [0.25, 0.3) is 0 Å². The summed E-state index contributed by atoms with van der Waals surface area (Å²) < 4.78 is 7.75. The monoisotopic (exact) mass is 515 g/mol. The second-order valence-corrected chi connectivity index (χ2v) is 8.41. The molecule has 3 aromatic carbocycles. The molecule has 0 spiro atoms. The molecule has 148 valence electrons. The Bertz CT molecular complexity index is 1080. The van der Waals surface area contributed by atoms with Crippen LogP contribution in [-0.2, 0) is 6.61 Å². The van der Waals surface area contributed by atoms with Crippen LogP contribution in [0.3, 0.4) is 0 Å². The van der Waals surface area contributed by atoms with Crippen LogP contribution in [-0.4, -0.2) is 17.3 Å². The number of rotatable bonds is 6. The topological polar surface area (TPSA) is 58.9 Å². The van der Waals surface area contributed by atoms with E-state index in [1.165, 1.54) is 0 Å². The van der Waals surface area contributed by atoms with Gasteiger partial charge in [-0.25, -0.2) is 4.79 Å². The van der Waals surface area contributed by atoms with Gasteiger partial charge < -0.3 is 9.84 Å². The van der Waals surface area contributed by atoms with E-state index in [-0.39, 0.29) is 5.56 Å². The summed E-state index contributed by atoms with van der Waals surface area (Å²) in [6.45, 7) is 4.38. The lowest BCUT2D eigenvalue weighted by atomic mass is 10.1. The van der Waals surface area contributed by atoms with Crippen LogP contribution < -0.4 is 4.74 Å². The second-order valence-electron chi connectivity index (χ2n) is 6.64. The van der Waals surface area contributed by atoms with E-state index < -0.39 is 5.97 Å². The number of hydrogen-bond donors (Lipinski definition) is 1. The maximum atomic E-state index is 11.0. The molecule has 0 saturated heterocycles. The standard InChI is InChI=1S/C23H19Br2NO3/c1-14-3-4-15(2)21(9-14)26-12-18-10-19(24)11-20(25)22(18)29-13-16-5-7-17(8-6-16)23(27)28/h3-12H,13H2,1-2H3,(H,27,28). The molecule has 0 amide bonds. The zero-order valence-corrected chi connectivity index (χ0v) is 19.1. The number of nitrogens with zero attached hydrogens (tertiary/aromatic N) is 1. The Balaban J connectivity index is 1.86. The zero-order chi connectivity index (χ0) is 21.0. The first kappa shape index (κ1) is 21.3. The number of aryl methyl sites for hydroxylation is 2. The van der Waals surface area contributed by atoms with E-state index in [0.29, 0.717) is 12.4 Å². The molecule has 3 aromatic rings. The normalized spacial score (nSPS) is 11.0. The van der Waals surface area contributed by atoms with Crippen molar-refractivity contribution in [2.45, 2.75) is 20.5 Å². The summed E-state index contributed by atoms with van der Waals surface area (Å²) in [5, 5.41) is 9.02. The lowest BCUT2D eigenvalue weighted by Crippen LogP contribution is -2.01. The van der Waals surface area contributed by atoms with Crippen molar-refractivity contribution in [2.75, 3.05) is 0 Å². The van der Waals surface area contributed by atoms with Gasteiger partial charge in [0.25, 0.3) is 0 Å². The molecule has 0 fully saturated rings. The Morgan fingerprint density at radius 2 is 1.79 bits per heavy atom. The van der Waals surface area contributed by atoms with Crippen LogP contribution in [0.15, 0.2) is 68.5 Å². The van der Waals surface area contributed by atoms with Crippen LogP contribution >= 0.6 is 31.9 Å². The second kappa shape index (κ2) is 9.37. The molecule has 0 bridgehead atoms. The van der Waals surface area contributed by atoms with Crippen molar-refractivity contribution < 1.29 is 14.6 Å². The molecule has 0 aliphatic rings. The average Bonchev–Trinajstić information content (AvgIpc) is 2.68. The highest BCUT2D eigenvalue weighted by Crippen LogP contribution is 2.33. The van der Waals surface area contributed by atoms with E-state index in [9.17, 15) is 4.79 Å². The fourth-order valence-corrected chi connectivity index (χ4v) is 4.10. The van der Waals surface area contributed by atoms with Crippen molar-refractivity contribution in [1.82, 2.24) is 0 Å². The van der Waals surface area contributed by atoms with Crippen molar-refractivity contribution in [3.05, 3.63) is 91.4 Å². The third-order valence-electron chi connectivity index (χ3n) is 4.33. The van der Waals surface area contributed by atoms with Gasteiger partial charge in [-0.2, -0.15) is 0 Å². The van der Waals surface area contributed by atoms with Gasteiger partial charge in [-0.1, -0.05) is 40.2 Å². The number of aliphatic imine (C=N–C) groups is 1. The number of carbonyl (C=O) groups is 1. The maximum Gasteiger partial charge on any atom is 0.335 e. The Morgan fingerprint density at radius 3 is 2.48 bits per heavy atom. The quantitative estimate of drug-likeness (QED) is 0.364. The van der Waals surface area contributed by atoms with Gasteiger partial charge in [0, 0.05) is 16.3 Å². The summed E-state index contributed by atoms with van der Waals surface area (Å²) >= 11 is 7.07. The number of aromatic carboxylic acids is 1. The fraction of sp³-hybridized carbons (Fsp3) is 0.130. The zero-order valence-electron chi connectivity index (χ0n) is 15.9. The minimum atomic E-state index is -0.946. The number of carboxylic acids is 1. The number of halogens is 2. The molecular formula is C23H19Br2NO3. The molecular weight excluding hydrogens is 498 g/mol. The first-order valence-electron chi connectivity index (χ1n) is 8.89. The Morgan fingerprint density at radius 1 is 1.07 bits per heavy atom. The molecule has 0 aromatic heterocycles. The Kier molecular flexibility index (Phi) is 6.87. The van der Waals surface area contributed by atoms with Gasteiger partial charge in [0.1, 0.15) is 12.4 Å². The van der Waals surface area contributed by atoms with Gasteiger partial charge in [-0.15, -0.1) is 0 Å². The van der Waals surface area contributed by atoms with Crippen molar-refractivity contribution in [3.8, 4) is 5.75 Å². The summed E-state index contributed by atoms with van der Waals surface area (Å²) in [7, 11) is 0. The van der Waals surface area contributed by atoms with Crippen molar-refractivity contribution in [1.29, 1.82) is 0 Å². The molecule has 29 heavy (non-hydrogen) atoms. The molecule has 0 heterocycles. The predicted octanol–water partition coefficient (Wildman–Crippen LogP) is 6.86. The van der Waals surface area contributed by atoms with E-state index in [2.05, 4.69) is 49.0 Å². The molecule has 0 unspecified atom stereocenters. The van der Waals surface area contributed by atoms with Crippen molar-refractivity contribution in [2.24, 2.45) is 4.99 Å². The van der Waals surface area contributed by atoms with Crippen molar-refractivity contribution >= 4 is 49.7 Å². The molecule has 3 rings (SSSR count). The van der Waals surface area contributed by atoms with Crippen LogP contribution in [0.4, 0.5) is 5.69 Å². The molecule has 0 atom stereocenters. The summed E-state index contributed by atoms with van der Waals surface area (Å²) in [6, 6.07) is 16.7. The van der Waals surface area contributed by atoms with E-state index >= 15 is 0 Å². The highest BCUT2D eigenvalue weighted by Gasteiger charge is 2.10. The summed E-state index contributed by atoms with van der Waals surface area (Å²) in [5.74, 6) is -0.275. The lowest BCUT2D eigenvalue weighted by molar-refractivity contribution is 0.0697. The summed E-state index contributed by atoms with van der Waals surface area (Å²) in [4.78, 5) is 15.6. The van der Waals surface area contributed by atoms with Crippen LogP contribution in [0, 0.1) is 13.8 Å². The summed E-state index contributed by atoms with van der Waals surface area (Å²) in [6.07, 6.45) is 1.79. The lowest BCUT2D eigenvalue weighted by Gasteiger charge is -2.12. The first-order chi connectivity index (χ1) is 13.8. The fourth-order valence-electron chi connectivity index (χ4n) is 2.73. The molecule has 0 aliphatic heterocycles. The summed E-state index contributed by atoms with van der Waals surface area (Å²) in [5.41, 5.74) is 5.12. The largest absolute Gasteiger partial charge is 0.487 e. The van der Waals surface area contributed by atoms with E-state index in [0.717, 1.165) is 36.9 Å². The minimum absolute atomic E-state index is 0.250. The van der Waals surface area contributed by atoms with Gasteiger partial charge in [-0.05, 0) is 76.8 Å². The van der Waals surface area contributed by atoms with E-state index in [4.69, 9.17) is 9.84 Å². The van der Waals surface area contributed by atoms with Crippen LogP contribution in [0.2, 0.25) is 0 Å². The van der Waals surface area contributed by atoms with Crippen LogP contribution in [0.5, 0.6) is 5.75 Å². The van der Waals surface area contributed by atoms with E-state index in [1.54, 1.807) is 30.5 Å². The Labute approximate surface area is 186 Å². The number of benzene rings is 3. The highest BCUT2D eigenvalue weighted by atomic mass is 79.9. The minimum Gasteiger partial charge on any atom is -0.487 e. The number of carboxylic acid groups (broad SMARTS) is 1. The van der Waals surface area contributed by atoms with E-state index in [1.807, 2.05) is 32.0 Å². The molecule has 0 aliphatic carbocycles. The maximum absolute atomic E-state index is 11.0. The van der Waals surface area contributed by atoms with Gasteiger partial charge in [0.15, 0.2) is 0 Å². The van der Waals surface area contributed by atoms with Gasteiger partial charge >= 0.3 is 5.97 Å². The van der Waals surface area contributed by atoms with Gasteiger partial charge in [-0.3, -0.25) is 4.99 Å². The van der Waals surface area contributed by atoms with Crippen LogP contribution in [0.1, 0.15) is 32.6 Å². The number of ether oxygens (including phenoxy) is 1. The first-order valence-corrected chi connectivity index (χ1v) is 10.5. The predicted molar refractivity (Wildman–Crippen MR) is 123 cm³/mol. The molecule has 4 nitrogen and oxygen atoms in total. The molecule has 0 saturated carbocycles. The van der Waals surface area contributed by atoms with Gasteiger partial charge in [0.2, 0.25) is 0 Å². The smallest absolute Gasteiger partial charge is 0.335 e. The third-order valence-corrected chi connectivity index (χ3v) is 5.38. The number of hydrogen-bond acceptors (Lipinski definition) is 3. The Hall–Kier alpha value is -2.44. The highest BCUT2D eigenvalue weighted by molar-refractivity contribution is 9.11. The molecule has 1 N–H and O–H groups in total. The van der Waals surface area contributed by atoms with Crippen molar-refractivity contribution in [3.63, 3.8) is 0 Å². The average molecular weight is 517 g/mol. The molecule has 0 radical (unpaired) electrons.